The van der Waals surface area contributed by atoms with Crippen molar-refractivity contribution in [2.24, 2.45) is 13.0 Å². The van der Waals surface area contributed by atoms with Crippen molar-refractivity contribution >= 4 is 28.7 Å². The van der Waals surface area contributed by atoms with Gasteiger partial charge in [0.15, 0.2) is 5.65 Å². The first kappa shape index (κ1) is 16.5. The number of aryl methyl sites for hydroxylation is 1. The zero-order valence-electron chi connectivity index (χ0n) is 13.9. The molecule has 0 saturated carbocycles. The molecular weight excluding hydrogens is 324 g/mol. The smallest absolute Gasteiger partial charge is 0.252 e. The molecule has 0 fully saturated rings. The topological polar surface area (TPSA) is 59.8 Å². The number of halogens is 1. The van der Waals surface area contributed by atoms with Crippen molar-refractivity contribution < 1.29 is 4.79 Å². The van der Waals surface area contributed by atoms with Crippen LogP contribution in [0.25, 0.3) is 22.6 Å². The van der Waals surface area contributed by atoms with E-state index in [2.05, 4.69) is 29.1 Å². The van der Waals surface area contributed by atoms with Gasteiger partial charge in [0, 0.05) is 25.4 Å². The van der Waals surface area contributed by atoms with E-state index < -0.39 is 0 Å². The normalized spacial score (nSPS) is 11.2. The number of benzene rings is 1. The van der Waals surface area contributed by atoms with Gasteiger partial charge in [-0.15, -0.1) is 0 Å². The molecule has 3 rings (SSSR count). The number of rotatable bonds is 4. The molecule has 3 aromatic rings. The Hall–Kier alpha value is -2.40. The Morgan fingerprint density at radius 3 is 2.79 bits per heavy atom. The quantitative estimate of drug-likeness (QED) is 0.786. The van der Waals surface area contributed by atoms with E-state index >= 15 is 0 Å². The van der Waals surface area contributed by atoms with Gasteiger partial charge < -0.3 is 9.88 Å². The Bertz CT molecular complexity index is 901. The van der Waals surface area contributed by atoms with Crippen molar-refractivity contribution in [3.8, 4) is 11.4 Å². The summed E-state index contributed by atoms with van der Waals surface area (Å²) in [5.74, 6) is 0.984. The highest BCUT2D eigenvalue weighted by Gasteiger charge is 2.15. The molecule has 24 heavy (non-hydrogen) atoms. The minimum Gasteiger partial charge on any atom is -0.352 e. The molecule has 2 heterocycles. The molecule has 0 aliphatic rings. The van der Waals surface area contributed by atoms with Gasteiger partial charge in [-0.25, -0.2) is 9.97 Å². The van der Waals surface area contributed by atoms with Gasteiger partial charge in [0.1, 0.15) is 11.3 Å². The van der Waals surface area contributed by atoms with Gasteiger partial charge in [-0.3, -0.25) is 4.79 Å². The first-order valence-electron chi connectivity index (χ1n) is 7.83. The number of pyridine rings is 1. The SMILES string of the molecule is CC(C)CNC(=O)c1cnc2c(c1)nc(-c1ccccc1Cl)n2C. The highest BCUT2D eigenvalue weighted by molar-refractivity contribution is 6.33. The molecule has 0 atom stereocenters. The van der Waals surface area contributed by atoms with Gasteiger partial charge in [-0.2, -0.15) is 0 Å². The molecule has 1 aromatic carbocycles. The highest BCUT2D eigenvalue weighted by atomic mass is 35.5. The zero-order chi connectivity index (χ0) is 17.3. The molecule has 0 spiro atoms. The molecule has 0 bridgehead atoms. The van der Waals surface area contributed by atoms with E-state index in [1.165, 1.54) is 0 Å². The van der Waals surface area contributed by atoms with Gasteiger partial charge in [0.2, 0.25) is 0 Å². The predicted molar refractivity (Wildman–Crippen MR) is 96.1 cm³/mol. The van der Waals surface area contributed by atoms with Crippen molar-refractivity contribution in [3.05, 3.63) is 47.1 Å². The first-order chi connectivity index (χ1) is 11.5. The van der Waals surface area contributed by atoms with Crippen LogP contribution in [-0.4, -0.2) is 27.0 Å². The van der Waals surface area contributed by atoms with Crippen LogP contribution in [0.5, 0.6) is 0 Å². The second-order valence-corrected chi connectivity index (χ2v) is 6.55. The molecule has 1 N–H and O–H groups in total. The lowest BCUT2D eigenvalue weighted by Gasteiger charge is -2.07. The number of aromatic nitrogens is 3. The summed E-state index contributed by atoms with van der Waals surface area (Å²) in [5, 5.41) is 3.52. The van der Waals surface area contributed by atoms with Crippen LogP contribution < -0.4 is 5.32 Å². The van der Waals surface area contributed by atoms with Crippen molar-refractivity contribution in [3.63, 3.8) is 0 Å². The van der Waals surface area contributed by atoms with Crippen LogP contribution in [0, 0.1) is 5.92 Å². The van der Waals surface area contributed by atoms with Gasteiger partial charge in [-0.05, 0) is 24.1 Å². The predicted octanol–water partition coefficient (Wildman–Crippen LogP) is 3.67. The Labute approximate surface area is 145 Å². The summed E-state index contributed by atoms with van der Waals surface area (Å²) >= 11 is 6.27. The van der Waals surface area contributed by atoms with Crippen LogP contribution in [0.2, 0.25) is 5.02 Å². The fraction of sp³-hybridized carbons (Fsp3) is 0.278. The van der Waals surface area contributed by atoms with Crippen LogP contribution in [0.4, 0.5) is 0 Å². The number of carbonyl (C=O) groups excluding carboxylic acids is 1. The number of nitrogens with zero attached hydrogens (tertiary/aromatic N) is 3. The summed E-state index contributed by atoms with van der Waals surface area (Å²) in [7, 11) is 1.89. The summed E-state index contributed by atoms with van der Waals surface area (Å²) in [6, 6.07) is 9.30. The molecule has 0 aliphatic carbocycles. The molecule has 2 aromatic heterocycles. The fourth-order valence-electron chi connectivity index (χ4n) is 2.48. The van der Waals surface area contributed by atoms with Crippen molar-refractivity contribution in [2.75, 3.05) is 6.54 Å². The third-order valence-electron chi connectivity index (χ3n) is 3.76. The van der Waals surface area contributed by atoms with E-state index in [9.17, 15) is 4.79 Å². The van der Waals surface area contributed by atoms with E-state index in [1.54, 1.807) is 12.3 Å². The Kier molecular flexibility index (Phi) is 4.53. The molecular formula is C18H19ClN4O. The van der Waals surface area contributed by atoms with E-state index in [1.807, 2.05) is 35.9 Å². The number of nitrogens with one attached hydrogen (secondary N) is 1. The van der Waals surface area contributed by atoms with Crippen LogP contribution >= 0.6 is 11.6 Å². The Balaban J connectivity index is 2.00. The Morgan fingerprint density at radius 1 is 1.33 bits per heavy atom. The molecule has 0 saturated heterocycles. The maximum absolute atomic E-state index is 12.2. The molecule has 124 valence electrons. The third-order valence-corrected chi connectivity index (χ3v) is 4.09. The van der Waals surface area contributed by atoms with Gasteiger partial charge in [-0.1, -0.05) is 37.6 Å². The van der Waals surface area contributed by atoms with Gasteiger partial charge >= 0.3 is 0 Å². The fourth-order valence-corrected chi connectivity index (χ4v) is 2.70. The summed E-state index contributed by atoms with van der Waals surface area (Å²) < 4.78 is 1.88. The van der Waals surface area contributed by atoms with Crippen molar-refractivity contribution in [1.82, 2.24) is 19.9 Å². The van der Waals surface area contributed by atoms with Crippen molar-refractivity contribution in [2.45, 2.75) is 13.8 Å². The highest BCUT2D eigenvalue weighted by Crippen LogP contribution is 2.28. The second-order valence-electron chi connectivity index (χ2n) is 6.14. The van der Waals surface area contributed by atoms with Crippen molar-refractivity contribution in [1.29, 1.82) is 0 Å². The number of hydrogen-bond donors (Lipinski definition) is 1. The standard InChI is InChI=1S/C18H19ClN4O/c1-11(2)9-21-18(24)12-8-15-17(20-10-12)23(3)16(22-15)13-6-4-5-7-14(13)19/h4-8,10-11H,9H2,1-3H3,(H,21,24). The summed E-state index contributed by atoms with van der Waals surface area (Å²) in [6.45, 7) is 4.73. The zero-order valence-corrected chi connectivity index (χ0v) is 14.6. The first-order valence-corrected chi connectivity index (χ1v) is 8.20. The number of imidazole rings is 1. The maximum Gasteiger partial charge on any atom is 0.252 e. The summed E-state index contributed by atoms with van der Waals surface area (Å²) in [5.41, 5.74) is 2.73. The van der Waals surface area contributed by atoms with E-state index in [0.29, 0.717) is 34.2 Å². The lowest BCUT2D eigenvalue weighted by Crippen LogP contribution is -2.27. The van der Waals surface area contributed by atoms with Crippen LogP contribution in [-0.2, 0) is 7.05 Å². The minimum absolute atomic E-state index is 0.136. The molecule has 0 aliphatic heterocycles. The number of hydrogen-bond acceptors (Lipinski definition) is 3. The second kappa shape index (κ2) is 6.61. The van der Waals surface area contributed by atoms with Gasteiger partial charge in [0.05, 0.1) is 10.6 Å². The molecule has 5 nitrogen and oxygen atoms in total. The minimum atomic E-state index is -0.136. The number of fused-ring (bicyclic) bond motifs is 1. The molecule has 0 radical (unpaired) electrons. The third kappa shape index (κ3) is 3.12. The summed E-state index contributed by atoms with van der Waals surface area (Å²) in [6.07, 6.45) is 1.58. The van der Waals surface area contributed by atoms with Crippen LogP contribution in [0.3, 0.4) is 0 Å². The number of amides is 1. The Morgan fingerprint density at radius 2 is 2.08 bits per heavy atom. The maximum atomic E-state index is 12.2. The van der Waals surface area contributed by atoms with Crippen LogP contribution in [0.15, 0.2) is 36.5 Å². The average Bonchev–Trinajstić information content (AvgIpc) is 2.89. The molecule has 6 heteroatoms. The lowest BCUT2D eigenvalue weighted by molar-refractivity contribution is 0.0949. The van der Waals surface area contributed by atoms with E-state index in [0.717, 1.165) is 11.4 Å². The van der Waals surface area contributed by atoms with Crippen LogP contribution in [0.1, 0.15) is 24.2 Å². The monoisotopic (exact) mass is 342 g/mol. The van der Waals surface area contributed by atoms with Gasteiger partial charge in [0.25, 0.3) is 5.91 Å². The lowest BCUT2D eigenvalue weighted by atomic mass is 10.2. The van der Waals surface area contributed by atoms with E-state index in [4.69, 9.17) is 11.6 Å². The number of carbonyl (C=O) groups is 1. The molecule has 1 amide bonds. The summed E-state index contributed by atoms with van der Waals surface area (Å²) in [4.78, 5) is 21.2. The van der Waals surface area contributed by atoms with E-state index in [-0.39, 0.29) is 5.91 Å². The average molecular weight is 343 g/mol. The molecule has 0 unspecified atom stereocenters. The largest absolute Gasteiger partial charge is 0.352 e.